The van der Waals surface area contributed by atoms with Gasteiger partial charge >= 0.3 is 0 Å². The molecule has 0 amide bonds. The molecule has 0 saturated carbocycles. The van der Waals surface area contributed by atoms with Gasteiger partial charge in [0, 0.05) is 18.9 Å². The Morgan fingerprint density at radius 1 is 1.15 bits per heavy atom. The van der Waals surface area contributed by atoms with Crippen molar-refractivity contribution < 1.29 is 13.9 Å². The van der Waals surface area contributed by atoms with Gasteiger partial charge < -0.3 is 13.9 Å². The van der Waals surface area contributed by atoms with Gasteiger partial charge in [-0.15, -0.1) is 0 Å². The van der Waals surface area contributed by atoms with Crippen LogP contribution < -0.4 is 0 Å². The van der Waals surface area contributed by atoms with Crippen molar-refractivity contribution in [3.05, 3.63) is 0 Å². The summed E-state index contributed by atoms with van der Waals surface area (Å²) >= 11 is 0. The van der Waals surface area contributed by atoms with Crippen molar-refractivity contribution in [1.29, 1.82) is 0 Å². The third kappa shape index (κ3) is 1.81. The Labute approximate surface area is 81.1 Å². The molecule has 0 bridgehead atoms. The molecule has 0 spiro atoms. The van der Waals surface area contributed by atoms with Crippen LogP contribution in [0.5, 0.6) is 0 Å². The molecule has 0 aromatic rings. The third-order valence-electron chi connectivity index (χ3n) is 3.33. The molecule has 1 unspecified atom stereocenters. The molecule has 3 nitrogen and oxygen atoms in total. The van der Waals surface area contributed by atoms with E-state index in [9.17, 15) is 0 Å². The summed E-state index contributed by atoms with van der Waals surface area (Å²) in [6.45, 7) is 6.08. The average molecular weight is 202 g/mol. The second kappa shape index (κ2) is 4.08. The number of hydrogen-bond acceptors (Lipinski definition) is 3. The number of rotatable bonds is 4. The first-order valence-electron chi connectivity index (χ1n) is 5.01. The molecule has 2 rings (SSSR count). The van der Waals surface area contributed by atoms with E-state index in [2.05, 4.69) is 6.55 Å². The van der Waals surface area contributed by atoms with E-state index in [0.717, 1.165) is 43.8 Å². The van der Waals surface area contributed by atoms with E-state index in [1.165, 1.54) is 0 Å². The maximum Gasteiger partial charge on any atom is 0.177 e. The van der Waals surface area contributed by atoms with Gasteiger partial charge in [0.15, 0.2) is 9.04 Å². The second-order valence-electron chi connectivity index (χ2n) is 4.11. The van der Waals surface area contributed by atoms with Gasteiger partial charge in [-0.2, -0.15) is 0 Å². The van der Waals surface area contributed by atoms with Crippen LogP contribution in [0.1, 0.15) is 0 Å². The lowest BCUT2D eigenvalue weighted by Crippen LogP contribution is -2.47. The van der Waals surface area contributed by atoms with Gasteiger partial charge in [-0.1, -0.05) is 0 Å². The highest BCUT2D eigenvalue weighted by molar-refractivity contribution is 6.52. The first-order chi connectivity index (χ1) is 6.33. The molecule has 0 aliphatic carbocycles. The predicted molar refractivity (Wildman–Crippen MR) is 52.4 cm³/mol. The van der Waals surface area contributed by atoms with E-state index in [1.54, 1.807) is 0 Å². The first kappa shape index (κ1) is 9.64. The molecule has 1 atom stereocenters. The van der Waals surface area contributed by atoms with Crippen LogP contribution in [0.3, 0.4) is 0 Å². The van der Waals surface area contributed by atoms with Crippen molar-refractivity contribution in [1.82, 2.24) is 0 Å². The fourth-order valence-electron chi connectivity index (χ4n) is 2.26. The standard InChI is InChI=1S/C9H18O3Si/c1-10-13(2)9(7-3-11-4-7)8-5-12-6-8/h7-9,13H,3-6H2,1-2H3. The Bertz CT molecular complexity index is 148. The predicted octanol–water partition coefficient (Wildman–Crippen LogP) is 0.649. The highest BCUT2D eigenvalue weighted by atomic mass is 28.3. The van der Waals surface area contributed by atoms with Crippen LogP contribution in [-0.4, -0.2) is 42.6 Å². The van der Waals surface area contributed by atoms with E-state index in [-0.39, 0.29) is 0 Å². The fourth-order valence-corrected chi connectivity index (χ4v) is 4.55. The summed E-state index contributed by atoms with van der Waals surface area (Å²) in [5.74, 6) is 1.52. The van der Waals surface area contributed by atoms with Crippen LogP contribution >= 0.6 is 0 Å². The zero-order valence-electron chi connectivity index (χ0n) is 8.36. The molecule has 2 fully saturated rings. The van der Waals surface area contributed by atoms with E-state index in [4.69, 9.17) is 13.9 Å². The maximum absolute atomic E-state index is 5.55. The molecule has 2 aliphatic rings. The minimum atomic E-state index is -1.00. The van der Waals surface area contributed by atoms with Crippen molar-refractivity contribution in [3.63, 3.8) is 0 Å². The Balaban J connectivity index is 1.92. The van der Waals surface area contributed by atoms with Crippen LogP contribution in [0, 0.1) is 11.8 Å². The summed E-state index contributed by atoms with van der Waals surface area (Å²) in [5, 5.41) is 0. The SMILES string of the molecule is CO[SiH](C)C(C1COC1)C1COC1. The van der Waals surface area contributed by atoms with E-state index in [0.29, 0.717) is 0 Å². The lowest BCUT2D eigenvalue weighted by molar-refractivity contribution is -0.0918. The smallest absolute Gasteiger partial charge is 0.177 e. The molecular formula is C9H18O3Si. The molecule has 0 radical (unpaired) electrons. The van der Waals surface area contributed by atoms with E-state index >= 15 is 0 Å². The van der Waals surface area contributed by atoms with Crippen molar-refractivity contribution in [2.75, 3.05) is 33.5 Å². The number of hydrogen-bond donors (Lipinski definition) is 0. The van der Waals surface area contributed by atoms with Crippen LogP contribution in [0.4, 0.5) is 0 Å². The summed E-state index contributed by atoms with van der Waals surface area (Å²) in [4.78, 5) is 0. The Morgan fingerprint density at radius 3 is 1.85 bits per heavy atom. The Morgan fingerprint density at radius 2 is 1.62 bits per heavy atom. The van der Waals surface area contributed by atoms with E-state index in [1.807, 2.05) is 7.11 Å². The van der Waals surface area contributed by atoms with Crippen LogP contribution in [-0.2, 0) is 13.9 Å². The van der Waals surface area contributed by atoms with Gasteiger partial charge in [-0.05, 0) is 12.1 Å². The van der Waals surface area contributed by atoms with Gasteiger partial charge in [0.05, 0.1) is 26.4 Å². The van der Waals surface area contributed by atoms with Gasteiger partial charge in [-0.3, -0.25) is 0 Å². The minimum absolute atomic E-state index is 0.760. The van der Waals surface area contributed by atoms with Gasteiger partial charge in [-0.25, -0.2) is 0 Å². The highest BCUT2D eigenvalue weighted by Gasteiger charge is 2.41. The first-order valence-corrected chi connectivity index (χ1v) is 7.30. The summed E-state index contributed by atoms with van der Waals surface area (Å²) in [6.07, 6.45) is 0. The summed E-state index contributed by atoms with van der Waals surface area (Å²) in [6, 6.07) is 0. The summed E-state index contributed by atoms with van der Waals surface area (Å²) in [5.41, 5.74) is 0.771. The maximum atomic E-state index is 5.55. The average Bonchev–Trinajstić information content (AvgIpc) is 1.95. The van der Waals surface area contributed by atoms with Crippen molar-refractivity contribution in [2.45, 2.75) is 12.1 Å². The summed E-state index contributed by atoms with van der Waals surface area (Å²) < 4.78 is 16.1. The van der Waals surface area contributed by atoms with Gasteiger partial charge in [0.1, 0.15) is 0 Å². The molecular weight excluding hydrogens is 184 g/mol. The van der Waals surface area contributed by atoms with Crippen LogP contribution in [0.25, 0.3) is 0 Å². The molecule has 76 valence electrons. The molecule has 2 aliphatic heterocycles. The van der Waals surface area contributed by atoms with Gasteiger partial charge in [0.2, 0.25) is 0 Å². The Hall–Kier alpha value is 0.0969. The molecule has 2 saturated heterocycles. The van der Waals surface area contributed by atoms with Crippen LogP contribution in [0.15, 0.2) is 0 Å². The minimum Gasteiger partial charge on any atom is -0.423 e. The fraction of sp³-hybridized carbons (Fsp3) is 1.00. The highest BCUT2D eigenvalue weighted by Crippen LogP contribution is 2.38. The molecule has 0 aromatic heterocycles. The van der Waals surface area contributed by atoms with Gasteiger partial charge in [0.25, 0.3) is 0 Å². The Kier molecular flexibility index (Phi) is 3.03. The molecule has 0 aromatic carbocycles. The summed E-state index contributed by atoms with van der Waals surface area (Å²) in [7, 11) is 0.845. The quantitative estimate of drug-likeness (QED) is 0.627. The third-order valence-corrected chi connectivity index (χ3v) is 6.25. The normalized spacial score (nSPS) is 27.0. The lowest BCUT2D eigenvalue weighted by atomic mass is 9.91. The molecule has 13 heavy (non-hydrogen) atoms. The van der Waals surface area contributed by atoms with Crippen molar-refractivity contribution in [2.24, 2.45) is 11.8 Å². The van der Waals surface area contributed by atoms with E-state index < -0.39 is 9.04 Å². The largest absolute Gasteiger partial charge is 0.423 e. The number of ether oxygens (including phenoxy) is 2. The zero-order valence-corrected chi connectivity index (χ0v) is 9.52. The zero-order chi connectivity index (χ0) is 9.26. The molecule has 2 heterocycles. The second-order valence-corrected chi connectivity index (χ2v) is 6.76. The van der Waals surface area contributed by atoms with Crippen molar-refractivity contribution in [3.8, 4) is 0 Å². The van der Waals surface area contributed by atoms with Crippen molar-refractivity contribution >= 4 is 9.04 Å². The monoisotopic (exact) mass is 202 g/mol. The lowest BCUT2D eigenvalue weighted by Gasteiger charge is -2.43. The molecule has 0 N–H and O–H groups in total. The topological polar surface area (TPSA) is 27.7 Å². The molecule has 4 heteroatoms. The van der Waals surface area contributed by atoms with Crippen LogP contribution in [0.2, 0.25) is 12.1 Å².